The van der Waals surface area contributed by atoms with Gasteiger partial charge in [0.05, 0.1) is 6.10 Å². The van der Waals surface area contributed by atoms with Crippen LogP contribution in [-0.4, -0.2) is 47.2 Å². The third-order valence-corrected chi connectivity index (χ3v) is 2.93. The van der Waals surface area contributed by atoms with Crippen LogP contribution in [0.2, 0.25) is 0 Å². The molecule has 0 radical (unpaired) electrons. The summed E-state index contributed by atoms with van der Waals surface area (Å²) >= 11 is 0. The van der Waals surface area contributed by atoms with E-state index in [9.17, 15) is 0 Å². The fraction of sp³-hybridized carbons (Fsp3) is 0.692. The van der Waals surface area contributed by atoms with Crippen LogP contribution in [0.5, 0.6) is 5.88 Å². The summed E-state index contributed by atoms with van der Waals surface area (Å²) in [6.45, 7) is 8.42. The third kappa shape index (κ3) is 4.14. The van der Waals surface area contributed by atoms with Crippen LogP contribution >= 0.6 is 0 Å². The van der Waals surface area contributed by atoms with Crippen LogP contribution in [0, 0.1) is 0 Å². The minimum Gasteiger partial charge on any atom is -0.475 e. The average molecular weight is 250 g/mol. The predicted molar refractivity (Wildman–Crippen MR) is 72.0 cm³/mol. The van der Waals surface area contributed by atoms with Crippen LogP contribution in [0.3, 0.4) is 0 Å². The summed E-state index contributed by atoms with van der Waals surface area (Å²) in [5.74, 6) is 1.46. The molecule has 2 heterocycles. The summed E-state index contributed by atoms with van der Waals surface area (Å²) in [6.07, 6.45) is 4.34. The lowest BCUT2D eigenvalue weighted by Crippen LogP contribution is -2.26. The molecule has 0 bridgehead atoms. The molecule has 5 nitrogen and oxygen atoms in total. The SMILES string of the molecule is CC(C)Oc1cc(NCCN2CCCC2)ncn1. The van der Waals surface area contributed by atoms with Crippen molar-refractivity contribution in [3.05, 3.63) is 12.4 Å². The van der Waals surface area contributed by atoms with Crippen LogP contribution < -0.4 is 10.1 Å². The van der Waals surface area contributed by atoms with Crippen molar-refractivity contribution in [2.75, 3.05) is 31.5 Å². The Bertz CT molecular complexity index is 364. The highest BCUT2D eigenvalue weighted by molar-refractivity contribution is 5.36. The zero-order valence-electron chi connectivity index (χ0n) is 11.2. The smallest absolute Gasteiger partial charge is 0.218 e. The normalized spacial score (nSPS) is 16.2. The molecule has 1 fully saturated rings. The molecule has 0 unspecified atom stereocenters. The number of anilines is 1. The van der Waals surface area contributed by atoms with Crippen LogP contribution in [-0.2, 0) is 0 Å². The molecule has 18 heavy (non-hydrogen) atoms. The Morgan fingerprint density at radius 2 is 2.11 bits per heavy atom. The average Bonchev–Trinajstić information content (AvgIpc) is 2.82. The van der Waals surface area contributed by atoms with E-state index in [-0.39, 0.29) is 6.10 Å². The molecule has 0 saturated carbocycles. The molecular formula is C13H22N4O. The molecular weight excluding hydrogens is 228 g/mol. The van der Waals surface area contributed by atoms with Crippen molar-refractivity contribution >= 4 is 5.82 Å². The van der Waals surface area contributed by atoms with Crippen molar-refractivity contribution in [3.8, 4) is 5.88 Å². The monoisotopic (exact) mass is 250 g/mol. The van der Waals surface area contributed by atoms with Gasteiger partial charge in [0.15, 0.2) is 0 Å². The van der Waals surface area contributed by atoms with Gasteiger partial charge in [-0.3, -0.25) is 0 Å². The van der Waals surface area contributed by atoms with E-state index >= 15 is 0 Å². The third-order valence-electron chi connectivity index (χ3n) is 2.93. The van der Waals surface area contributed by atoms with Crippen molar-refractivity contribution < 1.29 is 4.74 Å². The summed E-state index contributed by atoms with van der Waals surface area (Å²) in [4.78, 5) is 10.7. The fourth-order valence-electron chi connectivity index (χ4n) is 2.09. The molecule has 1 aromatic rings. The van der Waals surface area contributed by atoms with Gasteiger partial charge < -0.3 is 15.0 Å². The van der Waals surface area contributed by atoms with Gasteiger partial charge in [0.25, 0.3) is 0 Å². The number of hydrogen-bond acceptors (Lipinski definition) is 5. The van der Waals surface area contributed by atoms with E-state index in [1.165, 1.54) is 32.3 Å². The quantitative estimate of drug-likeness (QED) is 0.834. The number of likely N-dealkylation sites (tertiary alicyclic amines) is 1. The Morgan fingerprint density at radius 1 is 1.33 bits per heavy atom. The summed E-state index contributed by atoms with van der Waals surface area (Å²) in [7, 11) is 0. The second-order valence-electron chi connectivity index (χ2n) is 4.88. The summed E-state index contributed by atoms with van der Waals surface area (Å²) < 4.78 is 5.53. The summed E-state index contributed by atoms with van der Waals surface area (Å²) in [6, 6.07) is 1.85. The highest BCUT2D eigenvalue weighted by atomic mass is 16.5. The Hall–Kier alpha value is -1.36. The number of nitrogens with one attached hydrogen (secondary N) is 1. The standard InChI is InChI=1S/C13H22N4O/c1-11(2)18-13-9-12(15-10-16-13)14-5-8-17-6-3-4-7-17/h9-11H,3-8H2,1-2H3,(H,14,15,16). The van der Waals surface area contributed by atoms with Gasteiger partial charge in [-0.15, -0.1) is 0 Å². The van der Waals surface area contributed by atoms with Gasteiger partial charge >= 0.3 is 0 Å². The molecule has 1 aliphatic rings. The Balaban J connectivity index is 1.77. The second kappa shape index (κ2) is 6.54. The highest BCUT2D eigenvalue weighted by Gasteiger charge is 2.10. The first-order valence-electron chi connectivity index (χ1n) is 6.69. The molecule has 0 spiro atoms. The van der Waals surface area contributed by atoms with Crippen LogP contribution in [0.1, 0.15) is 26.7 Å². The molecule has 1 aromatic heterocycles. The van der Waals surface area contributed by atoms with Crippen LogP contribution in [0.15, 0.2) is 12.4 Å². The van der Waals surface area contributed by atoms with E-state index < -0.39 is 0 Å². The maximum absolute atomic E-state index is 5.53. The molecule has 2 rings (SSSR count). The number of hydrogen-bond donors (Lipinski definition) is 1. The number of rotatable bonds is 6. The van der Waals surface area contributed by atoms with Crippen LogP contribution in [0.4, 0.5) is 5.82 Å². The summed E-state index contributed by atoms with van der Waals surface area (Å²) in [5.41, 5.74) is 0. The molecule has 1 saturated heterocycles. The van der Waals surface area contributed by atoms with Gasteiger partial charge in [0.1, 0.15) is 12.1 Å². The van der Waals surface area contributed by atoms with Crippen LogP contribution in [0.25, 0.3) is 0 Å². The van der Waals surface area contributed by atoms with Crippen molar-refractivity contribution in [1.82, 2.24) is 14.9 Å². The number of ether oxygens (including phenoxy) is 1. The minimum atomic E-state index is 0.136. The molecule has 1 N–H and O–H groups in total. The number of aromatic nitrogens is 2. The minimum absolute atomic E-state index is 0.136. The van der Waals surface area contributed by atoms with Gasteiger partial charge in [0, 0.05) is 19.2 Å². The first kappa shape index (κ1) is 13.1. The van der Waals surface area contributed by atoms with Gasteiger partial charge in [-0.2, -0.15) is 0 Å². The van der Waals surface area contributed by atoms with E-state index in [2.05, 4.69) is 20.2 Å². The van der Waals surface area contributed by atoms with Gasteiger partial charge in [-0.1, -0.05) is 0 Å². The Kier molecular flexibility index (Phi) is 4.75. The maximum Gasteiger partial charge on any atom is 0.218 e. The lowest BCUT2D eigenvalue weighted by Gasteiger charge is -2.15. The van der Waals surface area contributed by atoms with E-state index in [1.54, 1.807) is 0 Å². The highest BCUT2D eigenvalue weighted by Crippen LogP contribution is 2.12. The van der Waals surface area contributed by atoms with Crippen molar-refractivity contribution in [2.24, 2.45) is 0 Å². The maximum atomic E-state index is 5.53. The molecule has 5 heteroatoms. The largest absolute Gasteiger partial charge is 0.475 e. The Labute approximate surface area is 109 Å². The lowest BCUT2D eigenvalue weighted by atomic mass is 10.4. The van der Waals surface area contributed by atoms with Gasteiger partial charge in [-0.25, -0.2) is 9.97 Å². The van der Waals surface area contributed by atoms with Gasteiger partial charge in [0.2, 0.25) is 5.88 Å². The molecule has 100 valence electrons. The molecule has 1 aliphatic heterocycles. The van der Waals surface area contributed by atoms with Gasteiger partial charge in [-0.05, 0) is 39.8 Å². The van der Waals surface area contributed by atoms with E-state index in [0.717, 1.165) is 18.9 Å². The molecule has 0 amide bonds. The fourth-order valence-corrected chi connectivity index (χ4v) is 2.09. The molecule has 0 atom stereocenters. The van der Waals surface area contributed by atoms with E-state index in [1.807, 2.05) is 19.9 Å². The zero-order valence-corrected chi connectivity index (χ0v) is 11.2. The van der Waals surface area contributed by atoms with E-state index in [0.29, 0.717) is 5.88 Å². The Morgan fingerprint density at radius 3 is 2.83 bits per heavy atom. The topological polar surface area (TPSA) is 50.3 Å². The number of nitrogens with zero attached hydrogens (tertiary/aromatic N) is 3. The second-order valence-corrected chi connectivity index (χ2v) is 4.88. The van der Waals surface area contributed by atoms with Crippen molar-refractivity contribution in [1.29, 1.82) is 0 Å². The molecule has 0 aromatic carbocycles. The first-order chi connectivity index (χ1) is 8.74. The zero-order chi connectivity index (χ0) is 12.8. The summed E-state index contributed by atoms with van der Waals surface area (Å²) in [5, 5.41) is 3.31. The lowest BCUT2D eigenvalue weighted by molar-refractivity contribution is 0.232. The predicted octanol–water partition coefficient (Wildman–Crippen LogP) is 1.77. The van der Waals surface area contributed by atoms with Crippen molar-refractivity contribution in [3.63, 3.8) is 0 Å². The molecule has 0 aliphatic carbocycles. The van der Waals surface area contributed by atoms with Crippen molar-refractivity contribution in [2.45, 2.75) is 32.8 Å². The first-order valence-corrected chi connectivity index (χ1v) is 6.69. The van der Waals surface area contributed by atoms with E-state index in [4.69, 9.17) is 4.74 Å².